The van der Waals surface area contributed by atoms with Gasteiger partial charge in [-0.2, -0.15) is 0 Å². The van der Waals surface area contributed by atoms with E-state index in [1.54, 1.807) is 24.3 Å². The molecule has 1 aliphatic rings. The molecule has 0 spiro atoms. The van der Waals surface area contributed by atoms with Crippen molar-refractivity contribution in [1.29, 1.82) is 0 Å². The maximum atomic E-state index is 11.8. The van der Waals surface area contributed by atoms with Crippen molar-refractivity contribution in [1.82, 2.24) is 0 Å². The lowest BCUT2D eigenvalue weighted by atomic mass is 10.2. The van der Waals surface area contributed by atoms with Gasteiger partial charge in [-0.1, -0.05) is 0 Å². The Labute approximate surface area is 144 Å². The molecule has 0 radical (unpaired) electrons. The molecule has 1 aliphatic heterocycles. The van der Waals surface area contributed by atoms with Crippen LogP contribution < -0.4 is 5.32 Å². The Hall–Kier alpha value is -2.87. The van der Waals surface area contributed by atoms with Gasteiger partial charge in [0.25, 0.3) is 5.79 Å². The molecule has 8 nitrogen and oxygen atoms in total. The minimum Gasteiger partial charge on any atom is -0.460 e. The van der Waals surface area contributed by atoms with Crippen LogP contribution in [0, 0.1) is 0 Å². The van der Waals surface area contributed by atoms with Crippen LogP contribution in [0.15, 0.2) is 36.0 Å². The Morgan fingerprint density at radius 3 is 2.28 bits per heavy atom. The van der Waals surface area contributed by atoms with Crippen molar-refractivity contribution >= 4 is 23.6 Å². The van der Waals surface area contributed by atoms with Gasteiger partial charge in [0.15, 0.2) is 5.57 Å². The van der Waals surface area contributed by atoms with Gasteiger partial charge >= 0.3 is 17.9 Å². The van der Waals surface area contributed by atoms with Crippen LogP contribution in [0.2, 0.25) is 0 Å². The summed E-state index contributed by atoms with van der Waals surface area (Å²) >= 11 is 0. The Morgan fingerprint density at radius 1 is 1.12 bits per heavy atom. The van der Waals surface area contributed by atoms with Crippen molar-refractivity contribution < 1.29 is 33.3 Å². The third-order valence-electron chi connectivity index (χ3n) is 3.14. The first-order chi connectivity index (χ1) is 11.8. The zero-order chi connectivity index (χ0) is 18.4. The number of anilines is 1. The highest BCUT2D eigenvalue weighted by Crippen LogP contribution is 2.22. The van der Waals surface area contributed by atoms with Crippen molar-refractivity contribution in [3.8, 4) is 0 Å². The number of esters is 3. The molecule has 1 saturated heterocycles. The summed E-state index contributed by atoms with van der Waals surface area (Å²) in [5.41, 5.74) is 0.682. The Morgan fingerprint density at radius 2 is 1.72 bits per heavy atom. The van der Waals surface area contributed by atoms with Crippen LogP contribution >= 0.6 is 0 Å². The number of carbonyl (C=O) groups excluding carboxylic acids is 3. The molecule has 0 bridgehead atoms. The second-order valence-electron chi connectivity index (χ2n) is 5.59. The van der Waals surface area contributed by atoms with E-state index in [-0.39, 0.29) is 12.2 Å². The van der Waals surface area contributed by atoms with E-state index in [4.69, 9.17) is 18.9 Å². The van der Waals surface area contributed by atoms with E-state index in [0.717, 1.165) is 0 Å². The zero-order valence-electron chi connectivity index (χ0n) is 14.2. The van der Waals surface area contributed by atoms with Gasteiger partial charge in [-0.3, -0.25) is 0 Å². The first-order valence-electron chi connectivity index (χ1n) is 7.52. The van der Waals surface area contributed by atoms with Crippen LogP contribution in [0.3, 0.4) is 0 Å². The summed E-state index contributed by atoms with van der Waals surface area (Å²) < 4.78 is 19.8. The van der Waals surface area contributed by atoms with Gasteiger partial charge in [0, 0.05) is 32.8 Å². The Bertz CT molecular complexity index is 669. The van der Waals surface area contributed by atoms with Crippen LogP contribution in [0.5, 0.6) is 0 Å². The Balaban J connectivity index is 1.98. The van der Waals surface area contributed by atoms with Gasteiger partial charge in [-0.25, -0.2) is 14.4 Å². The number of benzene rings is 1. The average Bonchev–Trinajstić information content (AvgIpc) is 2.53. The lowest BCUT2D eigenvalue weighted by Gasteiger charge is -2.29. The lowest BCUT2D eigenvalue weighted by molar-refractivity contribution is -0.222. The van der Waals surface area contributed by atoms with Crippen molar-refractivity contribution in [2.24, 2.45) is 0 Å². The summed E-state index contributed by atoms with van der Waals surface area (Å²) in [6.45, 7) is 3.43. The van der Waals surface area contributed by atoms with Gasteiger partial charge in [0.2, 0.25) is 0 Å². The number of rotatable bonds is 6. The molecular formula is C17H19NO7. The number of methoxy groups -OCH3 is 1. The quantitative estimate of drug-likeness (QED) is 0.358. The summed E-state index contributed by atoms with van der Waals surface area (Å²) in [5, 5.41) is 2.79. The highest BCUT2D eigenvalue weighted by Gasteiger charge is 2.38. The molecule has 0 saturated carbocycles. The van der Waals surface area contributed by atoms with E-state index in [1.807, 2.05) is 0 Å². The third-order valence-corrected chi connectivity index (χ3v) is 3.14. The largest absolute Gasteiger partial charge is 0.460 e. The number of nitrogens with one attached hydrogen (secondary N) is 1. The molecule has 1 N–H and O–H groups in total. The van der Waals surface area contributed by atoms with Crippen molar-refractivity contribution in [2.75, 3.05) is 25.6 Å². The predicted molar refractivity (Wildman–Crippen MR) is 86.6 cm³/mol. The second-order valence-corrected chi connectivity index (χ2v) is 5.59. The molecule has 2 rings (SSSR count). The molecule has 1 fully saturated rings. The molecular weight excluding hydrogens is 330 g/mol. The van der Waals surface area contributed by atoms with Crippen molar-refractivity contribution in [3.05, 3.63) is 41.6 Å². The second kappa shape index (κ2) is 7.80. The smallest absolute Gasteiger partial charge is 0.350 e. The summed E-state index contributed by atoms with van der Waals surface area (Å²) in [5.74, 6) is -3.29. The topological polar surface area (TPSA) is 100 Å². The first kappa shape index (κ1) is 18.5. The molecule has 25 heavy (non-hydrogen) atoms. The Kier molecular flexibility index (Phi) is 5.76. The average molecular weight is 349 g/mol. The van der Waals surface area contributed by atoms with Gasteiger partial charge in [0.1, 0.15) is 6.61 Å². The van der Waals surface area contributed by atoms with E-state index in [2.05, 4.69) is 5.32 Å². The molecule has 1 aromatic rings. The van der Waals surface area contributed by atoms with Crippen LogP contribution in [0.4, 0.5) is 5.69 Å². The summed E-state index contributed by atoms with van der Waals surface area (Å²) in [6, 6.07) is 6.31. The normalized spacial score (nSPS) is 15.9. The predicted octanol–water partition coefficient (Wildman–Crippen LogP) is 1.62. The van der Waals surface area contributed by atoms with Gasteiger partial charge in [-0.05, 0) is 24.3 Å². The molecule has 0 aromatic heterocycles. The minimum absolute atomic E-state index is 0.169. The van der Waals surface area contributed by atoms with Gasteiger partial charge in [-0.15, -0.1) is 0 Å². The number of carbonyl (C=O) groups is 3. The fraction of sp³-hybridized carbons (Fsp3) is 0.353. The fourth-order valence-corrected chi connectivity index (χ4v) is 1.94. The number of ether oxygens (including phenoxy) is 4. The van der Waals surface area contributed by atoms with Crippen LogP contribution in [0.25, 0.3) is 0 Å². The standard InChI is InChI=1S/C17H19NO7/c1-17(2)24-15(20)13(16(21)25-17)10-18-12-6-4-11(5-7-12)14(19)23-9-8-22-3/h4-7,10,18H,8-9H2,1-3H3. The highest BCUT2D eigenvalue weighted by molar-refractivity contribution is 6.15. The van der Waals surface area contributed by atoms with E-state index < -0.39 is 23.7 Å². The molecule has 0 unspecified atom stereocenters. The molecule has 0 atom stereocenters. The maximum Gasteiger partial charge on any atom is 0.350 e. The number of hydrogen-bond donors (Lipinski definition) is 1. The van der Waals surface area contributed by atoms with Crippen molar-refractivity contribution in [3.63, 3.8) is 0 Å². The molecule has 1 aromatic carbocycles. The number of cyclic esters (lactones) is 2. The maximum absolute atomic E-state index is 11.8. The summed E-state index contributed by atoms with van der Waals surface area (Å²) in [6.07, 6.45) is 1.20. The van der Waals surface area contributed by atoms with E-state index in [0.29, 0.717) is 17.9 Å². The highest BCUT2D eigenvalue weighted by atomic mass is 16.7. The molecule has 134 valence electrons. The number of hydrogen-bond acceptors (Lipinski definition) is 8. The summed E-state index contributed by atoms with van der Waals surface area (Å²) in [4.78, 5) is 35.4. The van der Waals surface area contributed by atoms with Crippen LogP contribution in [0.1, 0.15) is 24.2 Å². The molecule has 1 heterocycles. The molecule has 0 aliphatic carbocycles. The van der Waals surface area contributed by atoms with E-state index >= 15 is 0 Å². The molecule has 8 heteroatoms. The zero-order valence-corrected chi connectivity index (χ0v) is 14.2. The molecule has 0 amide bonds. The minimum atomic E-state index is -1.28. The first-order valence-corrected chi connectivity index (χ1v) is 7.52. The van der Waals surface area contributed by atoms with E-state index in [1.165, 1.54) is 27.2 Å². The van der Waals surface area contributed by atoms with Crippen LogP contribution in [-0.4, -0.2) is 44.0 Å². The SMILES string of the molecule is COCCOC(=O)c1ccc(NC=C2C(=O)OC(C)(C)OC2=O)cc1. The third kappa shape index (κ3) is 5.05. The van der Waals surface area contributed by atoms with Crippen LogP contribution in [-0.2, 0) is 28.5 Å². The summed E-state index contributed by atoms with van der Waals surface area (Å²) in [7, 11) is 1.52. The lowest BCUT2D eigenvalue weighted by Crippen LogP contribution is -2.42. The van der Waals surface area contributed by atoms with Gasteiger partial charge < -0.3 is 24.3 Å². The van der Waals surface area contributed by atoms with E-state index in [9.17, 15) is 14.4 Å². The monoisotopic (exact) mass is 349 g/mol. The van der Waals surface area contributed by atoms with Gasteiger partial charge in [0.05, 0.1) is 12.2 Å². The fourth-order valence-electron chi connectivity index (χ4n) is 1.94. The van der Waals surface area contributed by atoms with Crippen molar-refractivity contribution in [2.45, 2.75) is 19.6 Å².